The molecule has 1 fully saturated rings. The summed E-state index contributed by atoms with van der Waals surface area (Å²) in [5.41, 5.74) is 3.43. The van der Waals surface area contributed by atoms with Gasteiger partial charge in [-0.3, -0.25) is 4.79 Å². The smallest absolute Gasteiger partial charge is 0.230 e. The molecular formula is C21H25NO3. The molecule has 1 saturated carbocycles. The highest BCUT2D eigenvalue weighted by molar-refractivity contribution is 5.91. The van der Waals surface area contributed by atoms with Gasteiger partial charge in [0.15, 0.2) is 0 Å². The van der Waals surface area contributed by atoms with Gasteiger partial charge in [-0.15, -0.1) is 0 Å². The van der Waals surface area contributed by atoms with E-state index < -0.39 is 11.5 Å². The fourth-order valence-corrected chi connectivity index (χ4v) is 3.32. The van der Waals surface area contributed by atoms with E-state index in [1.165, 1.54) is 0 Å². The lowest BCUT2D eigenvalue weighted by atomic mass is 9.93. The maximum absolute atomic E-state index is 12.8. The van der Waals surface area contributed by atoms with Gasteiger partial charge in [-0.1, -0.05) is 36.4 Å². The number of carbonyl (C=O) groups excluding carboxylic acids is 1. The van der Waals surface area contributed by atoms with Crippen LogP contribution >= 0.6 is 0 Å². The first-order valence-corrected chi connectivity index (χ1v) is 8.65. The summed E-state index contributed by atoms with van der Waals surface area (Å²) in [7, 11) is 1.64. The first-order valence-electron chi connectivity index (χ1n) is 8.65. The average Bonchev–Trinajstić information content (AvgIpc) is 3.42. The Balaban J connectivity index is 1.70. The zero-order valence-corrected chi connectivity index (χ0v) is 15.0. The van der Waals surface area contributed by atoms with Gasteiger partial charge in [0.1, 0.15) is 5.75 Å². The van der Waals surface area contributed by atoms with Crippen molar-refractivity contribution in [2.24, 2.45) is 0 Å². The number of benzene rings is 2. The molecule has 0 aromatic heterocycles. The van der Waals surface area contributed by atoms with Crippen LogP contribution in [0.5, 0.6) is 5.75 Å². The first-order chi connectivity index (χ1) is 12.0. The van der Waals surface area contributed by atoms with E-state index >= 15 is 0 Å². The number of hydrogen-bond donors (Lipinski definition) is 2. The number of hydrogen-bond acceptors (Lipinski definition) is 3. The minimum Gasteiger partial charge on any atom is -0.496 e. The lowest BCUT2D eigenvalue weighted by Gasteiger charge is -2.20. The van der Waals surface area contributed by atoms with Crippen molar-refractivity contribution in [2.45, 2.75) is 38.2 Å². The molecule has 1 amide bonds. The third-order valence-electron chi connectivity index (χ3n) is 5.15. The predicted molar refractivity (Wildman–Crippen MR) is 97.8 cm³/mol. The van der Waals surface area contributed by atoms with Crippen LogP contribution in [0.25, 0.3) is 0 Å². The van der Waals surface area contributed by atoms with Gasteiger partial charge in [0.2, 0.25) is 5.91 Å². The molecule has 0 aliphatic heterocycles. The number of aliphatic hydroxyl groups excluding tert-OH is 1. The van der Waals surface area contributed by atoms with Crippen LogP contribution in [0.4, 0.5) is 0 Å². The predicted octanol–water partition coefficient (Wildman–Crippen LogP) is 3.19. The monoisotopic (exact) mass is 339 g/mol. The van der Waals surface area contributed by atoms with Gasteiger partial charge < -0.3 is 15.2 Å². The number of amides is 1. The van der Waals surface area contributed by atoms with Gasteiger partial charge in [0, 0.05) is 6.54 Å². The second-order valence-electron chi connectivity index (χ2n) is 6.85. The topological polar surface area (TPSA) is 58.6 Å². The zero-order valence-electron chi connectivity index (χ0n) is 15.0. The zero-order chi connectivity index (χ0) is 18.0. The van der Waals surface area contributed by atoms with Crippen LogP contribution in [0.15, 0.2) is 42.5 Å². The Morgan fingerprint density at radius 1 is 1.20 bits per heavy atom. The van der Waals surface area contributed by atoms with Gasteiger partial charge in [-0.25, -0.2) is 0 Å². The molecule has 0 bridgehead atoms. The third kappa shape index (κ3) is 3.40. The van der Waals surface area contributed by atoms with Crippen molar-refractivity contribution in [3.63, 3.8) is 0 Å². The Morgan fingerprint density at radius 3 is 2.56 bits per heavy atom. The van der Waals surface area contributed by atoms with Crippen molar-refractivity contribution in [1.82, 2.24) is 5.32 Å². The van der Waals surface area contributed by atoms with E-state index in [9.17, 15) is 9.90 Å². The number of aryl methyl sites for hydroxylation is 2. The minimum absolute atomic E-state index is 0.0222. The van der Waals surface area contributed by atoms with Gasteiger partial charge >= 0.3 is 0 Å². The normalized spacial score (nSPS) is 16.2. The van der Waals surface area contributed by atoms with E-state index in [2.05, 4.69) is 5.32 Å². The first kappa shape index (κ1) is 17.5. The van der Waals surface area contributed by atoms with E-state index in [1.54, 1.807) is 7.11 Å². The van der Waals surface area contributed by atoms with Crippen molar-refractivity contribution < 1.29 is 14.6 Å². The lowest BCUT2D eigenvalue weighted by molar-refractivity contribution is -0.124. The molecule has 0 heterocycles. The largest absolute Gasteiger partial charge is 0.496 e. The van der Waals surface area contributed by atoms with Crippen LogP contribution < -0.4 is 10.1 Å². The Labute approximate surface area is 148 Å². The van der Waals surface area contributed by atoms with Gasteiger partial charge in [-0.05, 0) is 55.0 Å². The molecule has 1 atom stereocenters. The van der Waals surface area contributed by atoms with E-state index in [1.807, 2.05) is 56.3 Å². The Morgan fingerprint density at radius 2 is 1.92 bits per heavy atom. The Kier molecular flexibility index (Phi) is 4.82. The fourth-order valence-electron chi connectivity index (χ4n) is 3.32. The second-order valence-corrected chi connectivity index (χ2v) is 6.85. The van der Waals surface area contributed by atoms with Gasteiger partial charge in [0.05, 0.1) is 18.6 Å². The molecule has 0 spiro atoms. The molecule has 1 aliphatic rings. The Hall–Kier alpha value is -2.33. The molecule has 0 radical (unpaired) electrons. The summed E-state index contributed by atoms with van der Waals surface area (Å²) < 4.78 is 5.39. The van der Waals surface area contributed by atoms with E-state index in [-0.39, 0.29) is 12.5 Å². The second kappa shape index (κ2) is 6.89. The number of aliphatic hydroxyl groups is 1. The SMILES string of the molecule is COc1cc(C2(C(=O)NCC(O)c3ccccc3C)CC2)ccc1C. The highest BCUT2D eigenvalue weighted by Crippen LogP contribution is 2.49. The summed E-state index contributed by atoms with van der Waals surface area (Å²) >= 11 is 0. The average molecular weight is 339 g/mol. The summed E-state index contributed by atoms with van der Waals surface area (Å²) in [6, 6.07) is 13.6. The summed E-state index contributed by atoms with van der Waals surface area (Å²) in [4.78, 5) is 12.8. The third-order valence-corrected chi connectivity index (χ3v) is 5.15. The van der Waals surface area contributed by atoms with E-state index in [0.717, 1.165) is 40.8 Å². The lowest BCUT2D eigenvalue weighted by Crippen LogP contribution is -2.37. The molecule has 25 heavy (non-hydrogen) atoms. The van der Waals surface area contributed by atoms with Crippen molar-refractivity contribution in [3.8, 4) is 5.75 Å². The summed E-state index contributed by atoms with van der Waals surface area (Å²) in [6.07, 6.45) is 0.949. The van der Waals surface area contributed by atoms with Crippen LogP contribution in [-0.2, 0) is 10.2 Å². The molecule has 4 heteroatoms. The molecule has 1 aliphatic carbocycles. The molecule has 2 aromatic rings. The summed E-state index contributed by atoms with van der Waals surface area (Å²) in [5, 5.41) is 13.3. The maximum Gasteiger partial charge on any atom is 0.230 e. The fraction of sp³-hybridized carbons (Fsp3) is 0.381. The summed E-state index contributed by atoms with van der Waals surface area (Å²) in [5.74, 6) is 0.780. The number of carbonyl (C=O) groups is 1. The molecule has 0 saturated heterocycles. The van der Waals surface area contributed by atoms with Crippen molar-refractivity contribution >= 4 is 5.91 Å². The summed E-state index contributed by atoms with van der Waals surface area (Å²) in [6.45, 7) is 4.16. The van der Waals surface area contributed by atoms with Crippen molar-refractivity contribution in [1.29, 1.82) is 0 Å². The standard InChI is InChI=1S/C21H25NO3/c1-14-6-4-5-7-17(14)18(23)13-22-20(24)21(10-11-21)16-9-8-15(2)19(12-16)25-3/h4-9,12,18,23H,10-11,13H2,1-3H3,(H,22,24). The highest BCUT2D eigenvalue weighted by atomic mass is 16.5. The van der Waals surface area contributed by atoms with E-state index in [4.69, 9.17) is 4.74 Å². The van der Waals surface area contributed by atoms with Gasteiger partial charge in [-0.2, -0.15) is 0 Å². The molecule has 3 rings (SSSR count). The number of nitrogens with one attached hydrogen (secondary N) is 1. The number of rotatable bonds is 6. The van der Waals surface area contributed by atoms with Crippen LogP contribution in [0, 0.1) is 13.8 Å². The molecule has 4 nitrogen and oxygen atoms in total. The number of ether oxygens (including phenoxy) is 1. The maximum atomic E-state index is 12.8. The van der Waals surface area contributed by atoms with Crippen LogP contribution in [-0.4, -0.2) is 24.7 Å². The molecule has 2 N–H and O–H groups in total. The highest BCUT2D eigenvalue weighted by Gasteiger charge is 2.51. The quantitative estimate of drug-likeness (QED) is 0.850. The van der Waals surface area contributed by atoms with Crippen LogP contribution in [0.3, 0.4) is 0 Å². The van der Waals surface area contributed by atoms with Crippen LogP contribution in [0.1, 0.15) is 41.2 Å². The minimum atomic E-state index is -0.700. The van der Waals surface area contributed by atoms with Crippen molar-refractivity contribution in [2.75, 3.05) is 13.7 Å². The van der Waals surface area contributed by atoms with Crippen LogP contribution in [0.2, 0.25) is 0 Å². The molecule has 132 valence electrons. The Bertz CT molecular complexity index is 780. The van der Waals surface area contributed by atoms with Crippen molar-refractivity contribution in [3.05, 3.63) is 64.7 Å². The molecular weight excluding hydrogens is 314 g/mol. The molecule has 2 aromatic carbocycles. The van der Waals surface area contributed by atoms with Gasteiger partial charge in [0.25, 0.3) is 0 Å². The number of methoxy groups -OCH3 is 1. The molecule has 1 unspecified atom stereocenters. The van der Waals surface area contributed by atoms with E-state index in [0.29, 0.717) is 0 Å².